The quantitative estimate of drug-likeness (QED) is 0.854. The predicted molar refractivity (Wildman–Crippen MR) is 110 cm³/mol. The van der Waals surface area contributed by atoms with Gasteiger partial charge in [-0.3, -0.25) is 14.5 Å². The Hall–Kier alpha value is -2.40. The number of likely N-dealkylation sites (tertiary alicyclic amines) is 1. The molecule has 4 rings (SSSR count). The third-order valence-corrected chi connectivity index (χ3v) is 5.98. The summed E-state index contributed by atoms with van der Waals surface area (Å²) in [7, 11) is 0. The van der Waals surface area contributed by atoms with Gasteiger partial charge in [0.1, 0.15) is 5.56 Å². The van der Waals surface area contributed by atoms with E-state index < -0.39 is 0 Å². The van der Waals surface area contributed by atoms with E-state index in [0.717, 1.165) is 44.6 Å². The van der Waals surface area contributed by atoms with Crippen molar-refractivity contribution in [2.24, 2.45) is 0 Å². The van der Waals surface area contributed by atoms with Crippen LogP contribution >= 0.6 is 0 Å². The first kappa shape index (κ1) is 18.9. The molecule has 1 unspecified atom stereocenters. The monoisotopic (exact) mass is 379 g/mol. The first-order valence-electron chi connectivity index (χ1n) is 10.5. The summed E-state index contributed by atoms with van der Waals surface area (Å²) in [5.41, 5.74) is 3.25. The van der Waals surface area contributed by atoms with Crippen LogP contribution in [-0.2, 0) is 13.0 Å². The van der Waals surface area contributed by atoms with Crippen LogP contribution in [0.1, 0.15) is 71.7 Å². The molecule has 1 atom stereocenters. The summed E-state index contributed by atoms with van der Waals surface area (Å²) in [4.78, 5) is 30.6. The van der Waals surface area contributed by atoms with Crippen molar-refractivity contribution < 1.29 is 4.79 Å². The van der Waals surface area contributed by atoms with E-state index in [2.05, 4.69) is 27.3 Å². The van der Waals surface area contributed by atoms with Gasteiger partial charge in [0.15, 0.2) is 0 Å². The van der Waals surface area contributed by atoms with Gasteiger partial charge in [0.25, 0.3) is 11.5 Å². The lowest BCUT2D eigenvalue weighted by Gasteiger charge is -2.26. The van der Waals surface area contributed by atoms with Crippen LogP contribution in [0.3, 0.4) is 0 Å². The molecular formula is C23H29N3O2. The molecule has 1 amide bonds. The molecule has 148 valence electrons. The molecule has 0 spiro atoms. The third kappa shape index (κ3) is 4.36. The van der Waals surface area contributed by atoms with Crippen LogP contribution in [0.25, 0.3) is 0 Å². The fourth-order valence-electron chi connectivity index (χ4n) is 4.46. The number of nitrogens with one attached hydrogen (secondary N) is 2. The molecule has 28 heavy (non-hydrogen) atoms. The Labute approximate surface area is 166 Å². The van der Waals surface area contributed by atoms with Gasteiger partial charge in [0.05, 0.1) is 6.04 Å². The summed E-state index contributed by atoms with van der Waals surface area (Å²) in [6.45, 7) is 2.89. The van der Waals surface area contributed by atoms with Crippen molar-refractivity contribution >= 4 is 5.91 Å². The second kappa shape index (κ2) is 8.74. The van der Waals surface area contributed by atoms with E-state index in [0.29, 0.717) is 0 Å². The third-order valence-electron chi connectivity index (χ3n) is 5.98. The minimum atomic E-state index is -0.297. The van der Waals surface area contributed by atoms with Crippen molar-refractivity contribution in [3.8, 4) is 0 Å². The standard InChI is InChI=1S/C23H29N3O2/c27-22-20(13-12-18(24-22)16-26-14-5-1-2-6-15-26)23(28)25-21-11-7-9-17-8-3-4-10-19(17)21/h3-4,8,10,12-13,21H,1-2,5-7,9,11,14-16H2,(H,24,27)(H,25,28). The number of benzene rings is 1. The number of aryl methyl sites for hydroxylation is 1. The summed E-state index contributed by atoms with van der Waals surface area (Å²) in [5, 5.41) is 3.07. The van der Waals surface area contributed by atoms with Crippen molar-refractivity contribution in [2.45, 2.75) is 57.5 Å². The number of aromatic amines is 1. The van der Waals surface area contributed by atoms with E-state index in [-0.39, 0.29) is 23.1 Å². The lowest BCUT2D eigenvalue weighted by Crippen LogP contribution is -2.35. The van der Waals surface area contributed by atoms with Gasteiger partial charge in [0.2, 0.25) is 0 Å². The molecule has 2 aromatic rings. The van der Waals surface area contributed by atoms with Crippen molar-refractivity contribution in [3.63, 3.8) is 0 Å². The van der Waals surface area contributed by atoms with Crippen LogP contribution in [0.15, 0.2) is 41.2 Å². The van der Waals surface area contributed by atoms with Gasteiger partial charge in [-0.25, -0.2) is 0 Å². The zero-order valence-corrected chi connectivity index (χ0v) is 16.4. The molecule has 5 nitrogen and oxygen atoms in total. The van der Waals surface area contributed by atoms with Crippen molar-refractivity contribution in [2.75, 3.05) is 13.1 Å². The number of carbonyl (C=O) groups excluding carboxylic acids is 1. The van der Waals surface area contributed by atoms with Gasteiger partial charge in [0, 0.05) is 12.2 Å². The van der Waals surface area contributed by atoms with Gasteiger partial charge in [-0.15, -0.1) is 0 Å². The molecular weight excluding hydrogens is 350 g/mol. The van der Waals surface area contributed by atoms with Gasteiger partial charge < -0.3 is 10.3 Å². The lowest BCUT2D eigenvalue weighted by atomic mass is 9.87. The Morgan fingerprint density at radius 1 is 1.04 bits per heavy atom. The topological polar surface area (TPSA) is 65.2 Å². The molecule has 1 aromatic carbocycles. The van der Waals surface area contributed by atoms with Gasteiger partial charge in [-0.05, 0) is 68.5 Å². The van der Waals surface area contributed by atoms with Crippen molar-refractivity contribution in [1.29, 1.82) is 0 Å². The van der Waals surface area contributed by atoms with Crippen LogP contribution in [-0.4, -0.2) is 28.9 Å². The highest BCUT2D eigenvalue weighted by molar-refractivity contribution is 5.94. The first-order chi connectivity index (χ1) is 13.7. The van der Waals surface area contributed by atoms with E-state index >= 15 is 0 Å². The van der Waals surface area contributed by atoms with Crippen LogP contribution in [0.4, 0.5) is 0 Å². The summed E-state index contributed by atoms with van der Waals surface area (Å²) < 4.78 is 0. The molecule has 0 bridgehead atoms. The van der Waals surface area contributed by atoms with Crippen LogP contribution in [0.5, 0.6) is 0 Å². The summed E-state index contributed by atoms with van der Waals surface area (Å²) in [5.74, 6) is -0.288. The van der Waals surface area contributed by atoms with E-state index in [1.165, 1.54) is 36.8 Å². The maximum absolute atomic E-state index is 12.7. The Morgan fingerprint density at radius 2 is 1.82 bits per heavy atom. The average Bonchev–Trinajstić information content (AvgIpc) is 2.97. The summed E-state index contributed by atoms with van der Waals surface area (Å²) in [6.07, 6.45) is 8.02. The van der Waals surface area contributed by atoms with Gasteiger partial charge >= 0.3 is 0 Å². The Bertz CT molecular complexity index is 881. The molecule has 2 aliphatic rings. The lowest BCUT2D eigenvalue weighted by molar-refractivity contribution is 0.0931. The molecule has 0 radical (unpaired) electrons. The molecule has 5 heteroatoms. The second-order valence-electron chi connectivity index (χ2n) is 8.03. The smallest absolute Gasteiger partial charge is 0.261 e. The number of aromatic nitrogens is 1. The fraction of sp³-hybridized carbons (Fsp3) is 0.478. The molecule has 1 aromatic heterocycles. The molecule has 1 saturated heterocycles. The molecule has 2 N–H and O–H groups in total. The van der Waals surface area contributed by atoms with Crippen molar-refractivity contribution in [1.82, 2.24) is 15.2 Å². The number of hydrogen-bond donors (Lipinski definition) is 2. The fourth-order valence-corrected chi connectivity index (χ4v) is 4.46. The highest BCUT2D eigenvalue weighted by Crippen LogP contribution is 2.29. The van der Waals surface area contributed by atoms with E-state index in [4.69, 9.17) is 0 Å². The maximum Gasteiger partial charge on any atom is 0.261 e. The Morgan fingerprint density at radius 3 is 2.61 bits per heavy atom. The zero-order chi connectivity index (χ0) is 19.3. The number of amides is 1. The van der Waals surface area contributed by atoms with Gasteiger partial charge in [-0.1, -0.05) is 37.1 Å². The second-order valence-corrected chi connectivity index (χ2v) is 8.03. The molecule has 1 fully saturated rings. The summed E-state index contributed by atoms with van der Waals surface area (Å²) >= 11 is 0. The molecule has 2 heterocycles. The first-order valence-corrected chi connectivity index (χ1v) is 10.5. The summed E-state index contributed by atoms with van der Waals surface area (Å²) in [6, 6.07) is 11.8. The SMILES string of the molecule is O=C(NC1CCCc2ccccc21)c1ccc(CN2CCCCCC2)[nH]c1=O. The predicted octanol–water partition coefficient (Wildman–Crippen LogP) is 3.56. The van der Waals surface area contributed by atoms with Crippen LogP contribution < -0.4 is 10.9 Å². The maximum atomic E-state index is 12.7. The van der Waals surface area contributed by atoms with Crippen LogP contribution in [0, 0.1) is 0 Å². The van der Waals surface area contributed by atoms with E-state index in [1.807, 2.05) is 18.2 Å². The minimum Gasteiger partial charge on any atom is -0.345 e. The molecule has 1 aliphatic carbocycles. The van der Waals surface area contributed by atoms with Gasteiger partial charge in [-0.2, -0.15) is 0 Å². The average molecular weight is 380 g/mol. The number of H-pyrrole nitrogens is 1. The Balaban J connectivity index is 1.44. The number of nitrogens with zero attached hydrogens (tertiary/aromatic N) is 1. The Kier molecular flexibility index (Phi) is 5.91. The van der Waals surface area contributed by atoms with E-state index in [9.17, 15) is 9.59 Å². The van der Waals surface area contributed by atoms with E-state index in [1.54, 1.807) is 6.07 Å². The largest absolute Gasteiger partial charge is 0.345 e. The number of carbonyl (C=O) groups is 1. The minimum absolute atomic E-state index is 0.0198. The molecule has 0 saturated carbocycles. The van der Waals surface area contributed by atoms with Crippen LogP contribution in [0.2, 0.25) is 0 Å². The zero-order valence-electron chi connectivity index (χ0n) is 16.4. The normalized spacial score (nSPS) is 20.2. The number of pyridine rings is 1. The van der Waals surface area contributed by atoms with Crippen molar-refractivity contribution in [3.05, 3.63) is 69.1 Å². The highest BCUT2D eigenvalue weighted by Gasteiger charge is 2.23. The highest BCUT2D eigenvalue weighted by atomic mass is 16.2. The number of rotatable bonds is 4. The number of hydrogen-bond acceptors (Lipinski definition) is 3. The number of fused-ring (bicyclic) bond motifs is 1. The molecule has 1 aliphatic heterocycles.